The van der Waals surface area contributed by atoms with Crippen molar-refractivity contribution in [2.75, 3.05) is 18.4 Å². The van der Waals surface area contributed by atoms with Crippen LogP contribution in [0.15, 0.2) is 48.7 Å². The van der Waals surface area contributed by atoms with Gasteiger partial charge in [0, 0.05) is 30.8 Å². The lowest BCUT2D eigenvalue weighted by molar-refractivity contribution is 0.0203. The van der Waals surface area contributed by atoms with Crippen LogP contribution in [0.2, 0.25) is 0 Å². The van der Waals surface area contributed by atoms with Crippen LogP contribution in [0.5, 0.6) is 0 Å². The molecule has 4 rings (SSSR count). The normalized spacial score (nSPS) is 14.2. The van der Waals surface area contributed by atoms with Crippen molar-refractivity contribution in [2.24, 2.45) is 0 Å². The first-order valence-corrected chi connectivity index (χ1v) is 12.3. The molecule has 1 aromatic heterocycles. The summed E-state index contributed by atoms with van der Waals surface area (Å²) in [5.74, 6) is -2.18. The molecule has 8 nitrogen and oxygen atoms in total. The summed E-state index contributed by atoms with van der Waals surface area (Å²) in [6.07, 6.45) is 2.22. The van der Waals surface area contributed by atoms with E-state index >= 15 is 0 Å². The van der Waals surface area contributed by atoms with Crippen LogP contribution in [0, 0.1) is 23.0 Å². The van der Waals surface area contributed by atoms with E-state index in [1.807, 2.05) is 0 Å². The molecule has 2 amide bonds. The van der Waals surface area contributed by atoms with Crippen molar-refractivity contribution < 1.29 is 23.1 Å². The topological polar surface area (TPSA) is 100 Å². The second-order valence-electron chi connectivity index (χ2n) is 10.2. The van der Waals surface area contributed by atoms with E-state index in [-0.39, 0.29) is 23.6 Å². The van der Waals surface area contributed by atoms with Gasteiger partial charge in [-0.25, -0.2) is 18.3 Å². The Labute approximate surface area is 219 Å². The summed E-state index contributed by atoms with van der Waals surface area (Å²) in [5.41, 5.74) is 1.50. The monoisotopic (exact) mass is 521 g/mol. The number of hydrogen-bond acceptors (Lipinski definition) is 5. The summed E-state index contributed by atoms with van der Waals surface area (Å²) < 4.78 is 35.2. The zero-order valence-electron chi connectivity index (χ0n) is 21.5. The number of nitrogens with zero attached hydrogens (tertiary/aromatic N) is 4. The number of benzene rings is 2. The Morgan fingerprint density at radius 2 is 1.82 bits per heavy atom. The van der Waals surface area contributed by atoms with Gasteiger partial charge in [0.25, 0.3) is 5.91 Å². The zero-order valence-corrected chi connectivity index (χ0v) is 21.5. The highest BCUT2D eigenvalue weighted by atomic mass is 19.1. The molecule has 0 radical (unpaired) electrons. The van der Waals surface area contributed by atoms with E-state index in [1.54, 1.807) is 49.9 Å². The molecule has 1 N–H and O–H groups in total. The third-order valence-electron chi connectivity index (χ3n) is 6.22. The first-order valence-electron chi connectivity index (χ1n) is 12.3. The fraction of sp³-hybridized carbons (Fsp3) is 0.357. The van der Waals surface area contributed by atoms with E-state index in [1.165, 1.54) is 16.9 Å². The summed E-state index contributed by atoms with van der Waals surface area (Å²) in [7, 11) is 0. The Hall–Kier alpha value is -4.26. The predicted octanol–water partition coefficient (Wildman–Crippen LogP) is 5.58. The number of nitrogens with one attached hydrogen (secondary N) is 1. The zero-order chi connectivity index (χ0) is 27.4. The van der Waals surface area contributed by atoms with Gasteiger partial charge in [-0.05, 0) is 63.4 Å². The molecule has 0 saturated carbocycles. The Balaban J connectivity index is 1.62. The lowest BCUT2D eigenvalue weighted by Crippen LogP contribution is -2.41. The maximum Gasteiger partial charge on any atom is 0.410 e. The molecule has 0 bridgehead atoms. The van der Waals surface area contributed by atoms with Gasteiger partial charge < -0.3 is 15.0 Å². The van der Waals surface area contributed by atoms with Crippen molar-refractivity contribution in [3.05, 3.63) is 77.1 Å². The van der Waals surface area contributed by atoms with Crippen molar-refractivity contribution in [2.45, 2.75) is 51.6 Å². The molecule has 0 aliphatic carbocycles. The van der Waals surface area contributed by atoms with Crippen LogP contribution < -0.4 is 5.32 Å². The largest absolute Gasteiger partial charge is 0.444 e. The molecule has 1 saturated heterocycles. The molecule has 1 fully saturated rings. The SMILES string of the molecule is CC(C)(C)OC(=O)N1CCC(c2c(C(=O)Nc3ccc(CC#N)cc3)cnn2-c2ccc(F)cc2F)CC1. The maximum absolute atomic E-state index is 14.8. The van der Waals surface area contributed by atoms with Crippen LogP contribution in [0.25, 0.3) is 5.69 Å². The van der Waals surface area contributed by atoms with Crippen molar-refractivity contribution in [3.63, 3.8) is 0 Å². The number of likely N-dealkylation sites (tertiary alicyclic amines) is 1. The fourth-order valence-electron chi connectivity index (χ4n) is 4.43. The molecule has 0 spiro atoms. The first-order chi connectivity index (χ1) is 18.1. The third kappa shape index (κ3) is 6.17. The van der Waals surface area contributed by atoms with E-state index in [0.29, 0.717) is 37.3 Å². The highest BCUT2D eigenvalue weighted by molar-refractivity contribution is 6.05. The fourth-order valence-corrected chi connectivity index (χ4v) is 4.43. The Kier molecular flexibility index (Phi) is 7.76. The number of rotatable bonds is 5. The molecule has 1 aliphatic heterocycles. The lowest BCUT2D eigenvalue weighted by atomic mass is 9.90. The summed E-state index contributed by atoms with van der Waals surface area (Å²) >= 11 is 0. The van der Waals surface area contributed by atoms with Crippen LogP contribution in [0.3, 0.4) is 0 Å². The van der Waals surface area contributed by atoms with Gasteiger partial charge in [0.1, 0.15) is 17.1 Å². The van der Waals surface area contributed by atoms with Gasteiger partial charge in [-0.15, -0.1) is 0 Å². The first kappa shape index (κ1) is 26.8. The molecule has 198 valence electrons. The Morgan fingerprint density at radius 3 is 2.42 bits per heavy atom. The molecule has 0 atom stereocenters. The van der Waals surface area contributed by atoms with Gasteiger partial charge in [-0.3, -0.25) is 4.79 Å². The van der Waals surface area contributed by atoms with Gasteiger partial charge in [-0.1, -0.05) is 12.1 Å². The van der Waals surface area contributed by atoms with E-state index in [0.717, 1.165) is 17.7 Å². The van der Waals surface area contributed by atoms with E-state index in [4.69, 9.17) is 10.00 Å². The average molecular weight is 522 g/mol. The molecule has 10 heteroatoms. The number of nitriles is 1. The summed E-state index contributed by atoms with van der Waals surface area (Å²) in [5, 5.41) is 16.0. The van der Waals surface area contributed by atoms with Crippen molar-refractivity contribution in [1.29, 1.82) is 5.26 Å². The number of carbonyl (C=O) groups is 2. The molecular formula is C28H29F2N5O3. The van der Waals surface area contributed by atoms with E-state index < -0.39 is 29.2 Å². The number of carbonyl (C=O) groups excluding carboxylic acids is 2. The Morgan fingerprint density at radius 1 is 1.13 bits per heavy atom. The second kappa shape index (κ2) is 11.0. The van der Waals surface area contributed by atoms with Gasteiger partial charge in [0.05, 0.1) is 29.9 Å². The van der Waals surface area contributed by atoms with Crippen LogP contribution >= 0.6 is 0 Å². The minimum atomic E-state index is -0.805. The van der Waals surface area contributed by atoms with Gasteiger partial charge >= 0.3 is 6.09 Å². The predicted molar refractivity (Wildman–Crippen MR) is 137 cm³/mol. The lowest BCUT2D eigenvalue weighted by Gasteiger charge is -2.34. The van der Waals surface area contributed by atoms with Crippen molar-refractivity contribution in [3.8, 4) is 11.8 Å². The highest BCUT2D eigenvalue weighted by Crippen LogP contribution is 2.33. The van der Waals surface area contributed by atoms with Gasteiger partial charge in [-0.2, -0.15) is 10.4 Å². The van der Waals surface area contributed by atoms with Crippen molar-refractivity contribution >= 4 is 17.7 Å². The molecule has 0 unspecified atom stereocenters. The van der Waals surface area contributed by atoms with Crippen LogP contribution in [0.1, 0.15) is 61.1 Å². The number of halogens is 2. The number of aromatic nitrogens is 2. The molecule has 2 heterocycles. The number of hydrogen-bond donors (Lipinski definition) is 1. The minimum Gasteiger partial charge on any atom is -0.444 e. The Bertz CT molecular complexity index is 1360. The molecule has 38 heavy (non-hydrogen) atoms. The van der Waals surface area contributed by atoms with Crippen LogP contribution in [-0.2, 0) is 11.2 Å². The van der Waals surface area contributed by atoms with Gasteiger partial charge in [0.2, 0.25) is 0 Å². The number of amides is 2. The quantitative estimate of drug-likeness (QED) is 0.472. The smallest absolute Gasteiger partial charge is 0.410 e. The standard InChI is InChI=1S/C28H29F2N5O3/c1-28(2,3)38-27(37)34-14-11-19(12-15-34)25-22(17-32-35(25)24-9-6-20(29)16-23(24)30)26(36)33-21-7-4-18(5-8-21)10-13-31/h4-9,16-17,19H,10-12,14-15H2,1-3H3,(H,33,36). The second-order valence-corrected chi connectivity index (χ2v) is 10.2. The minimum absolute atomic E-state index is 0.0240. The molecule has 2 aromatic carbocycles. The molecular weight excluding hydrogens is 492 g/mol. The number of anilines is 1. The number of ether oxygens (including phenoxy) is 1. The van der Waals surface area contributed by atoms with Crippen LogP contribution in [-0.4, -0.2) is 45.4 Å². The average Bonchev–Trinajstić information content (AvgIpc) is 3.29. The number of piperidine rings is 1. The van der Waals surface area contributed by atoms with E-state index in [9.17, 15) is 18.4 Å². The summed E-state index contributed by atoms with van der Waals surface area (Å²) in [4.78, 5) is 27.5. The highest BCUT2D eigenvalue weighted by Gasteiger charge is 2.32. The third-order valence-corrected chi connectivity index (χ3v) is 6.22. The molecule has 3 aromatic rings. The van der Waals surface area contributed by atoms with Gasteiger partial charge in [0.15, 0.2) is 5.82 Å². The summed E-state index contributed by atoms with van der Waals surface area (Å²) in [6, 6.07) is 12.2. The maximum atomic E-state index is 14.8. The van der Waals surface area contributed by atoms with Crippen LogP contribution in [0.4, 0.5) is 19.3 Å². The van der Waals surface area contributed by atoms with Crippen molar-refractivity contribution in [1.82, 2.24) is 14.7 Å². The molecule has 1 aliphatic rings. The van der Waals surface area contributed by atoms with E-state index in [2.05, 4.69) is 16.5 Å². The summed E-state index contributed by atoms with van der Waals surface area (Å²) in [6.45, 7) is 6.18.